The highest BCUT2D eigenvalue weighted by molar-refractivity contribution is 6.70. The first-order valence-corrected chi connectivity index (χ1v) is 16.0. The van der Waals surface area contributed by atoms with Gasteiger partial charge in [0.25, 0.3) is 8.32 Å². The van der Waals surface area contributed by atoms with E-state index in [-0.39, 0.29) is 0 Å². The highest BCUT2D eigenvalue weighted by Crippen LogP contribution is 2.23. The first kappa shape index (κ1) is 21.0. The van der Waals surface area contributed by atoms with Crippen LogP contribution in [0.5, 0.6) is 5.75 Å². The van der Waals surface area contributed by atoms with Gasteiger partial charge in [0, 0.05) is 5.56 Å². The van der Waals surface area contributed by atoms with Gasteiger partial charge < -0.3 is 8.95 Å². The van der Waals surface area contributed by atoms with Gasteiger partial charge in [-0.1, -0.05) is 32.3 Å². The van der Waals surface area contributed by atoms with Crippen LogP contribution in [0.2, 0.25) is 39.3 Å². The lowest BCUT2D eigenvalue weighted by molar-refractivity contribution is 0.338. The summed E-state index contributed by atoms with van der Waals surface area (Å²) < 4.78 is 11.9. The molecule has 0 spiro atoms. The third-order valence-corrected chi connectivity index (χ3v) is 4.81. The molecule has 0 aliphatic heterocycles. The molecular formula is C19H35NO2Si2. The van der Waals surface area contributed by atoms with Gasteiger partial charge in [-0.25, -0.2) is 0 Å². The summed E-state index contributed by atoms with van der Waals surface area (Å²) in [6, 6.07) is 6.50. The number of hydrogen-bond acceptors (Lipinski definition) is 3. The maximum absolute atomic E-state index is 6.22. The summed E-state index contributed by atoms with van der Waals surface area (Å²) in [6.45, 7) is 15.2. The van der Waals surface area contributed by atoms with Crippen molar-refractivity contribution in [2.75, 3.05) is 0 Å². The molecule has 0 atom stereocenters. The summed E-state index contributed by atoms with van der Waals surface area (Å²) in [6.07, 6.45) is 8.06. The van der Waals surface area contributed by atoms with Crippen LogP contribution < -0.4 is 4.43 Å². The zero-order valence-corrected chi connectivity index (χ0v) is 18.6. The van der Waals surface area contributed by atoms with Crippen molar-refractivity contribution < 1.29 is 8.95 Å². The number of aryl methyl sites for hydroxylation is 1. The Morgan fingerprint density at radius 2 is 1.67 bits per heavy atom. The van der Waals surface area contributed by atoms with Crippen molar-refractivity contribution in [1.82, 2.24) is 0 Å². The average molecular weight is 366 g/mol. The van der Waals surface area contributed by atoms with Crippen molar-refractivity contribution in [3.05, 3.63) is 29.3 Å². The van der Waals surface area contributed by atoms with Crippen LogP contribution in [-0.4, -0.2) is 22.8 Å². The van der Waals surface area contributed by atoms with Crippen LogP contribution in [0.1, 0.15) is 43.7 Å². The maximum Gasteiger partial charge on any atom is 0.278 e. The number of benzene rings is 1. The molecule has 24 heavy (non-hydrogen) atoms. The van der Waals surface area contributed by atoms with E-state index in [0.717, 1.165) is 17.7 Å². The molecule has 0 aliphatic rings. The van der Waals surface area contributed by atoms with Gasteiger partial charge in [0.05, 0.1) is 6.21 Å². The molecule has 0 aromatic heterocycles. The number of oxime groups is 1. The van der Waals surface area contributed by atoms with Crippen molar-refractivity contribution in [2.24, 2.45) is 5.16 Å². The first-order chi connectivity index (χ1) is 11.1. The largest absolute Gasteiger partial charge is 0.544 e. The quantitative estimate of drug-likeness (QED) is 0.214. The molecule has 136 valence electrons. The van der Waals surface area contributed by atoms with Crippen LogP contribution in [0.25, 0.3) is 0 Å². The molecule has 0 saturated carbocycles. The topological polar surface area (TPSA) is 30.8 Å². The molecule has 0 unspecified atom stereocenters. The van der Waals surface area contributed by atoms with Crippen LogP contribution >= 0.6 is 0 Å². The number of nitrogens with zero attached hydrogens (tertiary/aromatic N) is 1. The number of unbranched alkanes of at least 4 members (excludes halogenated alkanes) is 3. The van der Waals surface area contributed by atoms with Gasteiger partial charge in [0.15, 0.2) is 0 Å². The predicted octanol–water partition coefficient (Wildman–Crippen LogP) is 6.21. The zero-order chi connectivity index (χ0) is 18.2. The molecule has 0 fully saturated rings. The van der Waals surface area contributed by atoms with E-state index in [1.165, 1.54) is 31.2 Å². The van der Waals surface area contributed by atoms with Crippen LogP contribution in [0.15, 0.2) is 23.4 Å². The minimum atomic E-state index is -1.65. The van der Waals surface area contributed by atoms with E-state index < -0.39 is 16.6 Å². The fourth-order valence-corrected chi connectivity index (χ4v) is 3.49. The Labute approximate surface area is 150 Å². The van der Waals surface area contributed by atoms with E-state index in [1.54, 1.807) is 0 Å². The van der Waals surface area contributed by atoms with Gasteiger partial charge in [-0.2, -0.15) is 0 Å². The second kappa shape index (κ2) is 9.42. The summed E-state index contributed by atoms with van der Waals surface area (Å²) >= 11 is 0. The monoisotopic (exact) mass is 365 g/mol. The molecule has 0 amide bonds. The smallest absolute Gasteiger partial charge is 0.278 e. The lowest BCUT2D eigenvalue weighted by atomic mass is 10.0. The molecule has 0 heterocycles. The average Bonchev–Trinajstić information content (AvgIpc) is 2.43. The van der Waals surface area contributed by atoms with Crippen molar-refractivity contribution in [3.63, 3.8) is 0 Å². The van der Waals surface area contributed by atoms with Gasteiger partial charge in [-0.15, -0.1) is 5.16 Å². The Kier molecular flexibility index (Phi) is 8.23. The highest BCUT2D eigenvalue weighted by Gasteiger charge is 2.19. The molecule has 0 N–H and O–H groups in total. The minimum absolute atomic E-state index is 0.925. The Morgan fingerprint density at radius 3 is 2.25 bits per heavy atom. The summed E-state index contributed by atoms with van der Waals surface area (Å²) in [4.78, 5) is 0. The predicted molar refractivity (Wildman–Crippen MR) is 110 cm³/mol. The van der Waals surface area contributed by atoms with Gasteiger partial charge in [0.1, 0.15) is 5.75 Å². The maximum atomic E-state index is 6.22. The standard InChI is InChI=1S/C19H35NO2Si2/c1-8-9-10-11-12-17-13-14-19(21-23(2,3)4)18(15-17)16-20-22-24(5,6)7/h13-16H,8-12H2,1-7H3/b20-16+. The van der Waals surface area contributed by atoms with Gasteiger partial charge >= 0.3 is 0 Å². The third-order valence-electron chi connectivity index (χ3n) is 3.33. The Hall–Kier alpha value is -1.08. The van der Waals surface area contributed by atoms with E-state index in [0.29, 0.717) is 0 Å². The molecular weight excluding hydrogens is 330 g/mol. The summed E-state index contributed by atoms with van der Waals surface area (Å²) in [7, 11) is -3.30. The van der Waals surface area contributed by atoms with Crippen LogP contribution in [0, 0.1) is 0 Å². The van der Waals surface area contributed by atoms with Gasteiger partial charge in [-0.05, 0) is 69.8 Å². The van der Waals surface area contributed by atoms with Crippen LogP contribution in [0.3, 0.4) is 0 Å². The van der Waals surface area contributed by atoms with Gasteiger partial charge in [-0.3, -0.25) is 0 Å². The van der Waals surface area contributed by atoms with Crippen molar-refractivity contribution in [2.45, 2.75) is 78.3 Å². The normalized spacial score (nSPS) is 12.6. The van der Waals surface area contributed by atoms with E-state index in [4.69, 9.17) is 8.95 Å². The van der Waals surface area contributed by atoms with Crippen molar-refractivity contribution in [3.8, 4) is 5.75 Å². The molecule has 1 aromatic carbocycles. The Bertz CT molecular complexity index is 531. The second-order valence-electron chi connectivity index (χ2n) is 8.34. The number of hydrogen-bond donors (Lipinski definition) is 0. The van der Waals surface area contributed by atoms with Crippen LogP contribution in [-0.2, 0) is 10.9 Å². The summed E-state index contributed by atoms with van der Waals surface area (Å²) in [5.74, 6) is 0.925. The van der Waals surface area contributed by atoms with Crippen molar-refractivity contribution in [1.29, 1.82) is 0 Å². The molecule has 1 rings (SSSR count). The third kappa shape index (κ3) is 9.28. The fourth-order valence-electron chi connectivity index (χ4n) is 2.27. The summed E-state index contributed by atoms with van der Waals surface area (Å²) in [5, 5.41) is 4.23. The second-order valence-corrected chi connectivity index (χ2v) is 17.2. The minimum Gasteiger partial charge on any atom is -0.544 e. The molecule has 0 bridgehead atoms. The summed E-state index contributed by atoms with van der Waals surface area (Å²) in [5.41, 5.74) is 2.38. The molecule has 0 aliphatic carbocycles. The van der Waals surface area contributed by atoms with E-state index in [2.05, 4.69) is 69.6 Å². The molecule has 1 aromatic rings. The SMILES string of the molecule is CCCCCCc1ccc(O[Si](C)(C)C)c(/C=N/O[Si](C)(C)C)c1. The zero-order valence-electron chi connectivity index (χ0n) is 16.6. The lowest BCUT2D eigenvalue weighted by Gasteiger charge is -2.21. The van der Waals surface area contributed by atoms with Crippen molar-refractivity contribution >= 4 is 22.8 Å². The lowest BCUT2D eigenvalue weighted by Crippen LogP contribution is -2.29. The Balaban J connectivity index is 2.90. The van der Waals surface area contributed by atoms with Crippen LogP contribution in [0.4, 0.5) is 0 Å². The molecule has 0 saturated heterocycles. The van der Waals surface area contributed by atoms with E-state index in [1.807, 2.05) is 6.21 Å². The number of rotatable bonds is 10. The highest BCUT2D eigenvalue weighted by atomic mass is 28.4. The molecule has 3 nitrogen and oxygen atoms in total. The van der Waals surface area contributed by atoms with E-state index >= 15 is 0 Å². The Morgan fingerprint density at radius 1 is 0.958 bits per heavy atom. The molecule has 0 radical (unpaired) electrons. The fraction of sp³-hybridized carbons (Fsp3) is 0.632. The first-order valence-electron chi connectivity index (χ1n) is 9.14. The molecule has 5 heteroatoms. The van der Waals surface area contributed by atoms with Gasteiger partial charge in [0.2, 0.25) is 8.32 Å². The van der Waals surface area contributed by atoms with E-state index in [9.17, 15) is 0 Å².